The number of carbonyl (C=O) groups excluding carboxylic acids is 2. The lowest BCUT2D eigenvalue weighted by Crippen LogP contribution is -2.08. The molecule has 2 rings (SSSR count). The van der Waals surface area contributed by atoms with Gasteiger partial charge in [-0.1, -0.05) is 34.1 Å². The number of esters is 1. The van der Waals surface area contributed by atoms with Crippen molar-refractivity contribution in [1.82, 2.24) is 0 Å². The van der Waals surface area contributed by atoms with Gasteiger partial charge in [0, 0.05) is 17.1 Å². The summed E-state index contributed by atoms with van der Waals surface area (Å²) >= 11 is 3.37. The summed E-state index contributed by atoms with van der Waals surface area (Å²) in [5, 5.41) is 2.63. The molecule has 0 aliphatic carbocycles. The minimum absolute atomic E-state index is 0.186. The number of benzene rings is 2. The third-order valence-electron chi connectivity index (χ3n) is 2.68. The van der Waals surface area contributed by atoms with E-state index >= 15 is 0 Å². The summed E-state index contributed by atoms with van der Waals surface area (Å²) in [4.78, 5) is 23.0. The molecule has 0 aliphatic heterocycles. The molecule has 2 aromatic carbocycles. The van der Waals surface area contributed by atoms with Crippen LogP contribution < -0.4 is 5.32 Å². The Bertz CT molecular complexity index is 670. The highest BCUT2D eigenvalue weighted by Gasteiger charge is 2.08. The van der Waals surface area contributed by atoms with Gasteiger partial charge in [0.2, 0.25) is 5.91 Å². The molecule has 1 N–H and O–H groups in total. The number of hydrogen-bond donors (Lipinski definition) is 1. The molecule has 21 heavy (non-hydrogen) atoms. The highest BCUT2D eigenvalue weighted by atomic mass is 79.9. The Morgan fingerprint density at radius 2 is 1.90 bits per heavy atom. The molecule has 2 aromatic rings. The van der Waals surface area contributed by atoms with Gasteiger partial charge in [0.15, 0.2) is 0 Å². The number of nitrogens with one attached hydrogen (secondary N) is 1. The predicted molar refractivity (Wildman–Crippen MR) is 84.0 cm³/mol. The largest absolute Gasteiger partial charge is 0.457 e. The fraction of sp³-hybridized carbons (Fsp3) is 0.125. The Labute approximate surface area is 131 Å². The summed E-state index contributed by atoms with van der Waals surface area (Å²) in [6, 6.07) is 14.2. The van der Waals surface area contributed by atoms with Gasteiger partial charge < -0.3 is 10.1 Å². The maximum absolute atomic E-state index is 12.0. The Hall–Kier alpha value is -2.14. The van der Waals surface area contributed by atoms with Crippen LogP contribution in [0.15, 0.2) is 53.0 Å². The van der Waals surface area contributed by atoms with Crippen molar-refractivity contribution in [3.63, 3.8) is 0 Å². The molecule has 108 valence electrons. The van der Waals surface area contributed by atoms with Crippen molar-refractivity contribution in [2.24, 2.45) is 0 Å². The average Bonchev–Trinajstić information content (AvgIpc) is 2.44. The lowest BCUT2D eigenvalue weighted by atomic mass is 10.2. The zero-order valence-electron chi connectivity index (χ0n) is 11.4. The molecule has 5 heteroatoms. The first-order valence-corrected chi connectivity index (χ1v) is 7.13. The van der Waals surface area contributed by atoms with Crippen LogP contribution in [0, 0.1) is 0 Å². The SMILES string of the molecule is CC(=O)Nc1cccc(C(=O)OCc2cccc(Br)c2)c1. The summed E-state index contributed by atoms with van der Waals surface area (Å²) in [5.41, 5.74) is 1.87. The van der Waals surface area contributed by atoms with E-state index in [0.29, 0.717) is 11.3 Å². The molecule has 0 saturated heterocycles. The Kier molecular flexibility index (Phi) is 5.11. The second-order valence-corrected chi connectivity index (χ2v) is 5.38. The van der Waals surface area contributed by atoms with Crippen molar-refractivity contribution in [2.75, 3.05) is 5.32 Å². The van der Waals surface area contributed by atoms with Crippen molar-refractivity contribution < 1.29 is 14.3 Å². The van der Waals surface area contributed by atoms with Crippen LogP contribution in [0.3, 0.4) is 0 Å². The molecule has 0 fully saturated rings. The monoisotopic (exact) mass is 347 g/mol. The molecule has 1 amide bonds. The minimum Gasteiger partial charge on any atom is -0.457 e. The van der Waals surface area contributed by atoms with Crippen molar-refractivity contribution in [3.8, 4) is 0 Å². The van der Waals surface area contributed by atoms with Gasteiger partial charge in [0.1, 0.15) is 6.61 Å². The summed E-state index contributed by atoms with van der Waals surface area (Å²) in [5.74, 6) is -0.614. The van der Waals surface area contributed by atoms with Crippen LogP contribution in [-0.2, 0) is 16.1 Å². The number of carbonyl (C=O) groups is 2. The van der Waals surface area contributed by atoms with E-state index in [9.17, 15) is 9.59 Å². The summed E-state index contributed by atoms with van der Waals surface area (Å²) < 4.78 is 6.19. The number of ether oxygens (including phenoxy) is 1. The Morgan fingerprint density at radius 3 is 2.62 bits per heavy atom. The lowest BCUT2D eigenvalue weighted by molar-refractivity contribution is -0.114. The van der Waals surface area contributed by atoms with Crippen LogP contribution in [0.5, 0.6) is 0 Å². The summed E-state index contributed by atoms with van der Waals surface area (Å²) in [6.45, 7) is 1.61. The van der Waals surface area contributed by atoms with Crippen LogP contribution in [0.2, 0.25) is 0 Å². The standard InChI is InChI=1S/C16H14BrNO3/c1-11(19)18-15-7-3-5-13(9-15)16(20)21-10-12-4-2-6-14(17)8-12/h2-9H,10H2,1H3,(H,18,19). The van der Waals surface area contributed by atoms with Gasteiger partial charge in [0.05, 0.1) is 5.56 Å². The number of amides is 1. The maximum Gasteiger partial charge on any atom is 0.338 e. The second kappa shape index (κ2) is 7.04. The van der Waals surface area contributed by atoms with Gasteiger partial charge in [-0.15, -0.1) is 0 Å². The second-order valence-electron chi connectivity index (χ2n) is 4.47. The van der Waals surface area contributed by atoms with Crippen LogP contribution >= 0.6 is 15.9 Å². The van der Waals surface area contributed by atoms with E-state index in [0.717, 1.165) is 10.0 Å². The molecular formula is C16H14BrNO3. The van der Waals surface area contributed by atoms with Gasteiger partial charge in [-0.2, -0.15) is 0 Å². The quantitative estimate of drug-likeness (QED) is 0.856. The zero-order chi connectivity index (χ0) is 15.2. The van der Waals surface area contributed by atoms with Crippen molar-refractivity contribution in [3.05, 3.63) is 64.1 Å². The Morgan fingerprint density at radius 1 is 1.14 bits per heavy atom. The summed E-state index contributed by atoms with van der Waals surface area (Å²) in [7, 11) is 0. The normalized spacial score (nSPS) is 10.0. The minimum atomic E-state index is -0.429. The molecular weight excluding hydrogens is 334 g/mol. The van der Waals surface area contributed by atoms with E-state index in [-0.39, 0.29) is 12.5 Å². The van der Waals surface area contributed by atoms with Gasteiger partial charge in [-0.05, 0) is 35.9 Å². The van der Waals surface area contributed by atoms with E-state index in [1.807, 2.05) is 24.3 Å². The van der Waals surface area contributed by atoms with Gasteiger partial charge in [-0.25, -0.2) is 4.79 Å². The predicted octanol–water partition coefficient (Wildman–Crippen LogP) is 3.76. The smallest absolute Gasteiger partial charge is 0.338 e. The van der Waals surface area contributed by atoms with Gasteiger partial charge in [0.25, 0.3) is 0 Å². The van der Waals surface area contributed by atoms with Gasteiger partial charge in [-0.3, -0.25) is 4.79 Å². The molecule has 0 atom stereocenters. The molecule has 4 nitrogen and oxygen atoms in total. The zero-order valence-corrected chi connectivity index (χ0v) is 13.0. The van der Waals surface area contributed by atoms with Crippen molar-refractivity contribution in [2.45, 2.75) is 13.5 Å². The number of hydrogen-bond acceptors (Lipinski definition) is 3. The molecule has 0 radical (unpaired) electrons. The van der Waals surface area contributed by atoms with Crippen LogP contribution in [0.1, 0.15) is 22.8 Å². The summed E-state index contributed by atoms with van der Waals surface area (Å²) in [6.07, 6.45) is 0. The first-order valence-electron chi connectivity index (χ1n) is 6.34. The maximum atomic E-state index is 12.0. The third-order valence-corrected chi connectivity index (χ3v) is 3.17. The molecule has 0 unspecified atom stereocenters. The van der Waals surface area contributed by atoms with E-state index in [1.165, 1.54) is 6.92 Å². The van der Waals surface area contributed by atoms with Crippen LogP contribution in [-0.4, -0.2) is 11.9 Å². The van der Waals surface area contributed by atoms with E-state index < -0.39 is 5.97 Å². The Balaban J connectivity index is 2.01. The fourth-order valence-electron chi connectivity index (χ4n) is 1.79. The van der Waals surface area contributed by atoms with Crippen molar-refractivity contribution in [1.29, 1.82) is 0 Å². The highest BCUT2D eigenvalue weighted by molar-refractivity contribution is 9.10. The molecule has 0 heterocycles. The van der Waals surface area contributed by atoms with Crippen molar-refractivity contribution >= 4 is 33.5 Å². The van der Waals surface area contributed by atoms with E-state index in [1.54, 1.807) is 24.3 Å². The van der Waals surface area contributed by atoms with Crippen LogP contribution in [0.4, 0.5) is 5.69 Å². The number of halogens is 1. The molecule has 0 bridgehead atoms. The average molecular weight is 348 g/mol. The number of rotatable bonds is 4. The van der Waals surface area contributed by atoms with Crippen LogP contribution in [0.25, 0.3) is 0 Å². The topological polar surface area (TPSA) is 55.4 Å². The van der Waals surface area contributed by atoms with E-state index in [4.69, 9.17) is 4.74 Å². The lowest BCUT2D eigenvalue weighted by Gasteiger charge is -2.07. The van der Waals surface area contributed by atoms with E-state index in [2.05, 4.69) is 21.2 Å². The fourth-order valence-corrected chi connectivity index (χ4v) is 2.23. The van der Waals surface area contributed by atoms with Gasteiger partial charge >= 0.3 is 5.97 Å². The third kappa shape index (κ3) is 4.72. The molecule has 0 saturated carbocycles. The molecule has 0 aromatic heterocycles. The molecule has 0 aliphatic rings. The number of anilines is 1. The molecule has 0 spiro atoms. The first-order chi connectivity index (χ1) is 10.0. The highest BCUT2D eigenvalue weighted by Crippen LogP contribution is 2.15. The first kappa shape index (κ1) is 15.3.